The largest absolute Gasteiger partial charge is 0.385 e. The van der Waals surface area contributed by atoms with Gasteiger partial charge in [0.25, 0.3) is 0 Å². The Morgan fingerprint density at radius 3 is 2.68 bits per heavy atom. The van der Waals surface area contributed by atoms with Gasteiger partial charge in [-0.2, -0.15) is 0 Å². The Balaban J connectivity index is 1.87. The lowest BCUT2D eigenvalue weighted by Gasteiger charge is -2.31. The number of hydrogen-bond acceptors (Lipinski definition) is 2. The molecule has 1 unspecified atom stereocenters. The van der Waals surface area contributed by atoms with Gasteiger partial charge in [0, 0.05) is 18.9 Å². The van der Waals surface area contributed by atoms with Crippen molar-refractivity contribution in [3.63, 3.8) is 0 Å². The molecule has 0 bridgehead atoms. The lowest BCUT2D eigenvalue weighted by atomic mass is 9.77. The Hall–Kier alpha value is -0.830. The predicted molar refractivity (Wildman–Crippen MR) is 77.8 cm³/mol. The zero-order chi connectivity index (χ0) is 13.7. The van der Waals surface area contributed by atoms with Gasteiger partial charge in [0.05, 0.1) is 0 Å². The molecule has 108 valence electrons. The lowest BCUT2D eigenvalue weighted by molar-refractivity contribution is 0.0624. The van der Waals surface area contributed by atoms with Crippen molar-refractivity contribution in [2.75, 3.05) is 0 Å². The fourth-order valence-electron chi connectivity index (χ4n) is 3.35. The Bertz CT molecular complexity index is 367. The quantitative estimate of drug-likeness (QED) is 0.845. The van der Waals surface area contributed by atoms with Crippen LogP contribution in [-0.2, 0) is 6.54 Å². The maximum absolute atomic E-state index is 10.5. The fourth-order valence-corrected chi connectivity index (χ4v) is 3.35. The van der Waals surface area contributed by atoms with Gasteiger partial charge in [-0.1, -0.05) is 39.0 Å². The van der Waals surface area contributed by atoms with E-state index in [2.05, 4.69) is 23.4 Å². The van der Waals surface area contributed by atoms with Crippen molar-refractivity contribution in [3.05, 3.63) is 18.2 Å². The molecule has 0 saturated heterocycles. The second-order valence-electron chi connectivity index (χ2n) is 5.94. The van der Waals surface area contributed by atoms with Crippen LogP contribution in [0.4, 0.5) is 0 Å². The van der Waals surface area contributed by atoms with Crippen molar-refractivity contribution in [3.8, 4) is 0 Å². The fraction of sp³-hybridized carbons (Fsp3) is 0.812. The number of aliphatic hydroxyl groups excluding tert-OH is 1. The van der Waals surface area contributed by atoms with E-state index in [1.165, 1.54) is 32.1 Å². The molecule has 0 radical (unpaired) electrons. The summed E-state index contributed by atoms with van der Waals surface area (Å²) in [5.74, 6) is 2.17. The topological polar surface area (TPSA) is 38.1 Å². The SMILES string of the molecule is CCCCC1CCC(C(O)c2nccn2CC)CC1. The first kappa shape index (κ1) is 14.6. The van der Waals surface area contributed by atoms with Gasteiger partial charge in [-0.25, -0.2) is 4.98 Å². The number of aliphatic hydroxyl groups is 1. The zero-order valence-corrected chi connectivity index (χ0v) is 12.4. The average Bonchev–Trinajstić information content (AvgIpc) is 2.93. The highest BCUT2D eigenvalue weighted by molar-refractivity contribution is 4.99. The van der Waals surface area contributed by atoms with Crippen LogP contribution in [0.2, 0.25) is 0 Å². The molecule has 2 rings (SSSR count). The second kappa shape index (κ2) is 7.09. The van der Waals surface area contributed by atoms with E-state index in [1.807, 2.05) is 6.20 Å². The number of imidazole rings is 1. The molecule has 1 aliphatic carbocycles. The summed E-state index contributed by atoms with van der Waals surface area (Å²) >= 11 is 0. The van der Waals surface area contributed by atoms with Crippen molar-refractivity contribution in [2.24, 2.45) is 11.8 Å². The minimum Gasteiger partial charge on any atom is -0.385 e. The summed E-state index contributed by atoms with van der Waals surface area (Å²) in [5, 5.41) is 10.5. The lowest BCUT2D eigenvalue weighted by Crippen LogP contribution is -2.22. The van der Waals surface area contributed by atoms with Crippen LogP contribution in [-0.4, -0.2) is 14.7 Å². The molecule has 1 aromatic heterocycles. The van der Waals surface area contributed by atoms with Gasteiger partial charge in [-0.15, -0.1) is 0 Å². The molecule has 1 heterocycles. The molecule has 1 N–H and O–H groups in total. The number of unbranched alkanes of at least 4 members (excludes halogenated alkanes) is 1. The molecule has 19 heavy (non-hydrogen) atoms. The minimum atomic E-state index is -0.373. The van der Waals surface area contributed by atoms with Crippen molar-refractivity contribution >= 4 is 0 Å². The summed E-state index contributed by atoms with van der Waals surface area (Å²) in [6, 6.07) is 0. The van der Waals surface area contributed by atoms with Crippen LogP contribution in [0.1, 0.15) is 70.7 Å². The second-order valence-corrected chi connectivity index (χ2v) is 5.94. The Morgan fingerprint density at radius 2 is 2.05 bits per heavy atom. The van der Waals surface area contributed by atoms with Gasteiger partial charge < -0.3 is 9.67 Å². The number of aromatic nitrogens is 2. The molecule has 0 aliphatic heterocycles. The molecule has 1 aliphatic rings. The molecular weight excluding hydrogens is 236 g/mol. The first-order chi connectivity index (χ1) is 9.26. The van der Waals surface area contributed by atoms with Gasteiger partial charge in [0.1, 0.15) is 11.9 Å². The molecule has 1 saturated carbocycles. The third-order valence-electron chi connectivity index (χ3n) is 4.66. The molecule has 1 fully saturated rings. The van der Waals surface area contributed by atoms with Crippen LogP contribution in [0.25, 0.3) is 0 Å². The van der Waals surface area contributed by atoms with Gasteiger partial charge in [-0.05, 0) is 31.6 Å². The summed E-state index contributed by atoms with van der Waals surface area (Å²) in [6.45, 7) is 5.25. The van der Waals surface area contributed by atoms with Gasteiger partial charge in [0.2, 0.25) is 0 Å². The highest BCUT2D eigenvalue weighted by Gasteiger charge is 2.29. The molecule has 3 nitrogen and oxygen atoms in total. The van der Waals surface area contributed by atoms with Crippen LogP contribution in [0.5, 0.6) is 0 Å². The summed E-state index contributed by atoms with van der Waals surface area (Å²) in [4.78, 5) is 4.34. The normalized spacial score (nSPS) is 25.4. The summed E-state index contributed by atoms with van der Waals surface area (Å²) in [5.41, 5.74) is 0. The van der Waals surface area contributed by atoms with Crippen molar-refractivity contribution in [1.29, 1.82) is 0 Å². The maximum Gasteiger partial charge on any atom is 0.137 e. The molecule has 1 atom stereocenters. The van der Waals surface area contributed by atoms with E-state index in [1.54, 1.807) is 6.20 Å². The zero-order valence-electron chi connectivity index (χ0n) is 12.4. The van der Waals surface area contributed by atoms with E-state index in [0.717, 1.165) is 31.1 Å². The Kier molecular flexibility index (Phi) is 5.44. The van der Waals surface area contributed by atoms with Crippen molar-refractivity contribution in [2.45, 2.75) is 71.4 Å². The van der Waals surface area contributed by atoms with E-state index in [0.29, 0.717) is 5.92 Å². The Labute approximate surface area is 117 Å². The summed E-state index contributed by atoms with van der Waals surface area (Å²) in [6.07, 6.45) is 12.3. The van der Waals surface area contributed by atoms with Crippen LogP contribution < -0.4 is 0 Å². The maximum atomic E-state index is 10.5. The molecule has 3 heteroatoms. The van der Waals surface area contributed by atoms with Crippen LogP contribution in [0, 0.1) is 11.8 Å². The highest BCUT2D eigenvalue weighted by Crippen LogP contribution is 2.38. The van der Waals surface area contributed by atoms with E-state index >= 15 is 0 Å². The van der Waals surface area contributed by atoms with E-state index in [-0.39, 0.29) is 6.10 Å². The minimum absolute atomic E-state index is 0.373. The Morgan fingerprint density at radius 1 is 1.32 bits per heavy atom. The highest BCUT2D eigenvalue weighted by atomic mass is 16.3. The smallest absolute Gasteiger partial charge is 0.137 e. The van der Waals surface area contributed by atoms with E-state index in [4.69, 9.17) is 0 Å². The number of nitrogens with zero attached hydrogens (tertiary/aromatic N) is 2. The molecule has 1 aromatic rings. The number of aryl methyl sites for hydroxylation is 1. The number of rotatable bonds is 6. The van der Waals surface area contributed by atoms with Crippen LogP contribution >= 0.6 is 0 Å². The molecule has 0 aromatic carbocycles. The first-order valence-electron chi connectivity index (χ1n) is 7.95. The van der Waals surface area contributed by atoms with Gasteiger partial charge in [-0.3, -0.25) is 0 Å². The van der Waals surface area contributed by atoms with E-state index < -0.39 is 0 Å². The van der Waals surface area contributed by atoms with Crippen LogP contribution in [0.3, 0.4) is 0 Å². The standard InChI is InChI=1S/C16H28N2O/c1-3-5-6-13-7-9-14(10-8-13)15(19)16-17-11-12-18(16)4-2/h11-15,19H,3-10H2,1-2H3. The average molecular weight is 264 g/mol. The summed E-state index contributed by atoms with van der Waals surface area (Å²) < 4.78 is 2.06. The summed E-state index contributed by atoms with van der Waals surface area (Å²) in [7, 11) is 0. The third-order valence-corrected chi connectivity index (χ3v) is 4.66. The first-order valence-corrected chi connectivity index (χ1v) is 7.95. The number of hydrogen-bond donors (Lipinski definition) is 1. The molecule has 0 amide bonds. The predicted octanol–water partition coefficient (Wildman–Crippen LogP) is 3.93. The van der Waals surface area contributed by atoms with Gasteiger partial charge in [0.15, 0.2) is 0 Å². The van der Waals surface area contributed by atoms with E-state index in [9.17, 15) is 5.11 Å². The molecular formula is C16H28N2O. The van der Waals surface area contributed by atoms with Crippen molar-refractivity contribution < 1.29 is 5.11 Å². The van der Waals surface area contributed by atoms with Gasteiger partial charge >= 0.3 is 0 Å². The van der Waals surface area contributed by atoms with Crippen LogP contribution in [0.15, 0.2) is 12.4 Å². The molecule has 0 spiro atoms. The monoisotopic (exact) mass is 264 g/mol. The third kappa shape index (κ3) is 3.59. The van der Waals surface area contributed by atoms with Crippen molar-refractivity contribution in [1.82, 2.24) is 9.55 Å².